The van der Waals surface area contributed by atoms with E-state index in [0.29, 0.717) is 19.4 Å². The maximum Gasteiger partial charge on any atom is 0.339 e. The molecule has 0 radical (unpaired) electrons. The van der Waals surface area contributed by atoms with E-state index in [1.54, 1.807) is 14.0 Å². The molecule has 2 heterocycles. The van der Waals surface area contributed by atoms with E-state index >= 15 is 0 Å². The highest BCUT2D eigenvalue weighted by Crippen LogP contribution is 2.21. The molecule has 2 N–H and O–H groups in total. The van der Waals surface area contributed by atoms with Crippen molar-refractivity contribution in [2.75, 3.05) is 25.1 Å². The van der Waals surface area contributed by atoms with Crippen molar-refractivity contribution < 1.29 is 13.2 Å². The molecule has 11 heteroatoms. The number of aromatic nitrogens is 4. The number of nitrogens with two attached hydrogens (primary N) is 1. The summed E-state index contributed by atoms with van der Waals surface area (Å²) < 4.78 is 27.4. The van der Waals surface area contributed by atoms with Gasteiger partial charge in [0.1, 0.15) is 5.52 Å². The van der Waals surface area contributed by atoms with Gasteiger partial charge in [0.25, 0.3) is 5.16 Å². The molecule has 2 aromatic heterocycles. The third-order valence-corrected chi connectivity index (χ3v) is 6.75. The van der Waals surface area contributed by atoms with Crippen LogP contribution in [0, 0.1) is 6.92 Å². The van der Waals surface area contributed by atoms with Gasteiger partial charge in [0, 0.05) is 13.6 Å². The number of nitrogen functional groups attached to an aromatic ring is 1. The van der Waals surface area contributed by atoms with Crippen LogP contribution in [0.15, 0.2) is 34.2 Å². The second kappa shape index (κ2) is 9.11. The Bertz CT molecular complexity index is 1310. The molecule has 0 saturated carbocycles. The first-order valence-corrected chi connectivity index (χ1v) is 12.1. The first kappa shape index (κ1) is 23.5. The van der Waals surface area contributed by atoms with Gasteiger partial charge in [-0.25, -0.2) is 22.6 Å². The molecule has 0 aliphatic rings. The van der Waals surface area contributed by atoms with Crippen LogP contribution in [-0.2, 0) is 16.4 Å². The maximum absolute atomic E-state index is 13.4. The van der Waals surface area contributed by atoms with Gasteiger partial charge in [-0.15, -0.1) is 0 Å². The zero-order valence-electron chi connectivity index (χ0n) is 18.7. The van der Waals surface area contributed by atoms with Crippen LogP contribution >= 0.6 is 0 Å². The molecule has 3 rings (SSSR count). The number of carbonyl (C=O) groups excluding carboxylic acids is 1. The van der Waals surface area contributed by atoms with Crippen LogP contribution in [-0.4, -0.2) is 57.8 Å². The summed E-state index contributed by atoms with van der Waals surface area (Å²) in [6.07, 6.45) is 1.07. The van der Waals surface area contributed by atoms with Crippen LogP contribution in [0.3, 0.4) is 0 Å². The molecule has 0 saturated heterocycles. The molecule has 0 aliphatic heterocycles. The van der Waals surface area contributed by atoms with Crippen LogP contribution in [0.1, 0.15) is 37.8 Å². The van der Waals surface area contributed by atoms with Crippen molar-refractivity contribution >= 4 is 32.9 Å². The van der Waals surface area contributed by atoms with E-state index in [1.807, 2.05) is 38.1 Å². The van der Waals surface area contributed by atoms with E-state index in [4.69, 9.17) is 5.73 Å². The molecule has 1 aromatic carbocycles. The van der Waals surface area contributed by atoms with Crippen LogP contribution in [0.5, 0.6) is 0 Å². The molecule has 32 heavy (non-hydrogen) atoms. The number of nitrogens with zero attached hydrogens (tertiary/aromatic N) is 5. The Morgan fingerprint density at radius 2 is 1.78 bits per heavy atom. The van der Waals surface area contributed by atoms with Gasteiger partial charge in [0.15, 0.2) is 11.5 Å². The SMILES string of the molecule is CCCN(C)C(=O)n1c(=O)n(Cc2ccc(C)cc2)c2nc(S(=O)(=O)CCC)nc(N)c21. The van der Waals surface area contributed by atoms with Crippen LogP contribution in [0.25, 0.3) is 11.2 Å². The van der Waals surface area contributed by atoms with Crippen molar-refractivity contribution in [1.29, 1.82) is 0 Å². The highest BCUT2D eigenvalue weighted by atomic mass is 32.2. The number of anilines is 1. The summed E-state index contributed by atoms with van der Waals surface area (Å²) in [6.45, 7) is 6.11. The number of sulfone groups is 1. The third-order valence-electron chi connectivity index (χ3n) is 5.06. The number of amides is 1. The summed E-state index contributed by atoms with van der Waals surface area (Å²) in [5, 5.41) is -0.450. The summed E-state index contributed by atoms with van der Waals surface area (Å²) in [5.74, 6) is -0.387. The van der Waals surface area contributed by atoms with E-state index in [1.165, 1.54) is 9.47 Å². The molecular formula is C21H28N6O4S. The summed E-state index contributed by atoms with van der Waals surface area (Å²) in [6, 6.07) is 6.94. The molecule has 0 spiro atoms. The number of hydrogen-bond donors (Lipinski definition) is 1. The number of aryl methyl sites for hydroxylation is 1. The quantitative estimate of drug-likeness (QED) is 0.533. The largest absolute Gasteiger partial charge is 0.382 e. The van der Waals surface area contributed by atoms with Gasteiger partial charge in [0.2, 0.25) is 9.84 Å². The van der Waals surface area contributed by atoms with E-state index in [9.17, 15) is 18.0 Å². The van der Waals surface area contributed by atoms with E-state index in [0.717, 1.165) is 15.7 Å². The number of fused-ring (bicyclic) bond motifs is 1. The summed E-state index contributed by atoms with van der Waals surface area (Å²) in [5.41, 5.74) is 7.31. The summed E-state index contributed by atoms with van der Waals surface area (Å²) in [4.78, 5) is 36.0. The Balaban J connectivity index is 2.30. The summed E-state index contributed by atoms with van der Waals surface area (Å²) in [7, 11) is -2.21. The molecule has 0 unspecified atom stereocenters. The molecule has 0 aliphatic carbocycles. The van der Waals surface area contributed by atoms with Gasteiger partial charge in [-0.05, 0) is 25.3 Å². The second-order valence-corrected chi connectivity index (χ2v) is 9.78. The van der Waals surface area contributed by atoms with Crippen LogP contribution in [0.4, 0.5) is 10.6 Å². The normalized spacial score (nSPS) is 11.8. The molecular weight excluding hydrogens is 432 g/mol. The van der Waals surface area contributed by atoms with Crippen molar-refractivity contribution in [2.45, 2.75) is 45.3 Å². The zero-order chi connectivity index (χ0) is 23.6. The van der Waals surface area contributed by atoms with Gasteiger partial charge in [0.05, 0.1) is 12.3 Å². The molecule has 0 fully saturated rings. The molecule has 1 amide bonds. The maximum atomic E-state index is 13.4. The van der Waals surface area contributed by atoms with Crippen molar-refractivity contribution in [1.82, 2.24) is 24.0 Å². The fourth-order valence-corrected chi connectivity index (χ4v) is 4.63. The predicted molar refractivity (Wildman–Crippen MR) is 123 cm³/mol. The minimum Gasteiger partial charge on any atom is -0.382 e. The van der Waals surface area contributed by atoms with Gasteiger partial charge in [-0.2, -0.15) is 9.97 Å². The van der Waals surface area contributed by atoms with E-state index in [-0.39, 0.29) is 29.3 Å². The van der Waals surface area contributed by atoms with E-state index < -0.39 is 26.7 Å². The van der Waals surface area contributed by atoms with Crippen molar-refractivity contribution in [3.05, 3.63) is 45.9 Å². The first-order chi connectivity index (χ1) is 15.1. The standard InChI is InChI=1S/C21H28N6O4S/c1-5-11-25(4)20(28)27-16-17(22)23-19(32(30,31)12-6-2)24-18(16)26(21(27)29)13-15-9-7-14(3)8-10-15/h7-10H,5-6,11-13H2,1-4H3,(H2,22,23,24). The molecule has 172 valence electrons. The van der Waals surface area contributed by atoms with Crippen molar-refractivity contribution in [3.8, 4) is 0 Å². The van der Waals surface area contributed by atoms with Crippen LogP contribution < -0.4 is 11.4 Å². The molecule has 3 aromatic rings. The van der Waals surface area contributed by atoms with Gasteiger partial charge < -0.3 is 10.6 Å². The number of imidazole rings is 1. The highest BCUT2D eigenvalue weighted by molar-refractivity contribution is 7.91. The highest BCUT2D eigenvalue weighted by Gasteiger charge is 2.28. The lowest BCUT2D eigenvalue weighted by atomic mass is 10.1. The van der Waals surface area contributed by atoms with Gasteiger partial charge in [-0.1, -0.05) is 43.7 Å². The Morgan fingerprint density at radius 3 is 2.38 bits per heavy atom. The number of hydrogen-bond acceptors (Lipinski definition) is 7. The zero-order valence-corrected chi connectivity index (χ0v) is 19.5. The lowest BCUT2D eigenvalue weighted by Gasteiger charge is -2.16. The van der Waals surface area contributed by atoms with Gasteiger partial charge >= 0.3 is 11.7 Å². The van der Waals surface area contributed by atoms with Crippen molar-refractivity contribution in [3.63, 3.8) is 0 Å². The summed E-state index contributed by atoms with van der Waals surface area (Å²) >= 11 is 0. The molecule has 10 nitrogen and oxygen atoms in total. The number of carbonyl (C=O) groups is 1. The minimum atomic E-state index is -3.79. The smallest absolute Gasteiger partial charge is 0.339 e. The average Bonchev–Trinajstić information content (AvgIpc) is 3.01. The first-order valence-electron chi connectivity index (χ1n) is 10.4. The Morgan fingerprint density at radius 1 is 1.12 bits per heavy atom. The van der Waals surface area contributed by atoms with Gasteiger partial charge in [-0.3, -0.25) is 4.57 Å². The predicted octanol–water partition coefficient (Wildman–Crippen LogP) is 2.03. The average molecular weight is 461 g/mol. The number of benzene rings is 1. The lowest BCUT2D eigenvalue weighted by Crippen LogP contribution is -2.38. The fraction of sp³-hybridized carbons (Fsp3) is 0.429. The lowest BCUT2D eigenvalue weighted by molar-refractivity contribution is 0.210. The molecule has 0 bridgehead atoms. The molecule has 0 atom stereocenters. The van der Waals surface area contributed by atoms with Crippen molar-refractivity contribution in [2.24, 2.45) is 0 Å². The second-order valence-electron chi connectivity index (χ2n) is 7.78. The van der Waals surface area contributed by atoms with Crippen LogP contribution in [0.2, 0.25) is 0 Å². The minimum absolute atomic E-state index is 0.00510. The monoisotopic (exact) mass is 460 g/mol. The number of rotatable bonds is 7. The Kier molecular flexibility index (Phi) is 6.68. The fourth-order valence-electron chi connectivity index (χ4n) is 3.45. The van der Waals surface area contributed by atoms with E-state index in [2.05, 4.69) is 9.97 Å². The Labute approximate surface area is 186 Å². The topological polar surface area (TPSA) is 133 Å². The third kappa shape index (κ3) is 4.38. The Hall–Kier alpha value is -3.21.